The highest BCUT2D eigenvalue weighted by atomic mass is 19.4. The Morgan fingerprint density at radius 3 is 1.25 bits per heavy atom. The molecule has 63 heavy (non-hydrogen) atoms. The molecule has 0 unspecified atom stereocenters. The molecule has 0 spiro atoms. The van der Waals surface area contributed by atoms with Crippen molar-refractivity contribution in [2.75, 3.05) is 0 Å². The van der Waals surface area contributed by atoms with Gasteiger partial charge < -0.3 is 9.13 Å². The minimum absolute atomic E-state index is 0.384. The largest absolute Gasteiger partial charge is 0.416 e. The summed E-state index contributed by atoms with van der Waals surface area (Å²) in [4.78, 5) is 0. The quantitative estimate of drug-likeness (QED) is 0.170. The molecule has 10 aromatic rings. The van der Waals surface area contributed by atoms with Gasteiger partial charge in [0, 0.05) is 27.1 Å². The molecular formula is C57H44F3N3. The van der Waals surface area contributed by atoms with Crippen molar-refractivity contribution in [2.45, 2.75) is 54.6 Å². The van der Waals surface area contributed by atoms with Gasteiger partial charge in [0.25, 0.3) is 0 Å². The number of para-hydroxylation sites is 2. The Hall–Kier alpha value is -7.36. The summed E-state index contributed by atoms with van der Waals surface area (Å²) >= 11 is 0. The SMILES string of the molecule is Cc1cc(-c2c(-n3c4ccccc4c4cc(-c5c(C)cc(C)cc5C)ccc43)cc(C#N)cc2-n2c3ccccc3c3cc(-c4c(C)cc(C)cc4C)ccc32)cc(C(F)(F)F)c1. The van der Waals surface area contributed by atoms with Crippen molar-refractivity contribution in [3.8, 4) is 50.8 Å². The van der Waals surface area contributed by atoms with E-state index in [1.54, 1.807) is 6.92 Å². The Bertz CT molecular complexity index is 3350. The zero-order chi connectivity index (χ0) is 44.1. The molecule has 0 aliphatic heterocycles. The molecule has 8 aromatic carbocycles. The molecule has 0 aliphatic carbocycles. The van der Waals surface area contributed by atoms with Gasteiger partial charge in [0.2, 0.25) is 0 Å². The molecule has 0 fully saturated rings. The number of alkyl halides is 3. The monoisotopic (exact) mass is 827 g/mol. The maximum Gasteiger partial charge on any atom is 0.416 e. The average molecular weight is 828 g/mol. The minimum Gasteiger partial charge on any atom is -0.308 e. The predicted octanol–water partition coefficient (Wildman–Crippen LogP) is 15.9. The van der Waals surface area contributed by atoms with Gasteiger partial charge in [-0.2, -0.15) is 18.4 Å². The van der Waals surface area contributed by atoms with Crippen LogP contribution in [0.1, 0.15) is 50.1 Å². The van der Waals surface area contributed by atoms with E-state index in [2.05, 4.69) is 130 Å². The number of nitriles is 1. The van der Waals surface area contributed by atoms with Crippen molar-refractivity contribution >= 4 is 43.6 Å². The Morgan fingerprint density at radius 2 is 0.825 bits per heavy atom. The highest BCUT2D eigenvalue weighted by molar-refractivity contribution is 6.13. The smallest absolute Gasteiger partial charge is 0.308 e. The van der Waals surface area contributed by atoms with Crippen LogP contribution in [0.3, 0.4) is 0 Å². The number of halogens is 3. The first-order chi connectivity index (χ1) is 30.2. The van der Waals surface area contributed by atoms with Gasteiger partial charge in [0.1, 0.15) is 0 Å². The number of hydrogen-bond acceptors (Lipinski definition) is 1. The number of aryl methyl sites for hydroxylation is 7. The summed E-state index contributed by atoms with van der Waals surface area (Å²) in [6, 6.07) is 48.4. The molecule has 2 aromatic heterocycles. The van der Waals surface area contributed by atoms with E-state index in [1.165, 1.54) is 56.6 Å². The Kier molecular flexibility index (Phi) is 9.24. The van der Waals surface area contributed by atoms with Gasteiger partial charge in [0.05, 0.1) is 50.6 Å². The summed E-state index contributed by atoms with van der Waals surface area (Å²) in [7, 11) is 0. The van der Waals surface area contributed by atoms with Crippen molar-refractivity contribution in [2.24, 2.45) is 0 Å². The lowest BCUT2D eigenvalue weighted by Gasteiger charge is -2.22. The van der Waals surface area contributed by atoms with Crippen molar-refractivity contribution in [3.05, 3.63) is 190 Å². The van der Waals surface area contributed by atoms with Gasteiger partial charge in [-0.25, -0.2) is 0 Å². The number of rotatable bonds is 5. The van der Waals surface area contributed by atoms with Crippen molar-refractivity contribution in [1.82, 2.24) is 9.13 Å². The number of benzene rings is 8. The third kappa shape index (κ3) is 6.50. The van der Waals surface area contributed by atoms with Crippen LogP contribution in [-0.2, 0) is 6.18 Å². The molecule has 0 aliphatic rings. The number of hydrogen-bond donors (Lipinski definition) is 0. The second-order valence-corrected chi connectivity index (χ2v) is 17.3. The molecule has 0 radical (unpaired) electrons. The molecule has 2 heterocycles. The highest BCUT2D eigenvalue weighted by Gasteiger charge is 2.32. The number of fused-ring (bicyclic) bond motifs is 6. The lowest BCUT2D eigenvalue weighted by molar-refractivity contribution is -0.137. The fourth-order valence-electron chi connectivity index (χ4n) is 10.5. The first kappa shape index (κ1) is 39.8. The summed E-state index contributed by atoms with van der Waals surface area (Å²) in [5, 5.41) is 14.8. The Labute approximate surface area is 364 Å². The van der Waals surface area contributed by atoms with Gasteiger partial charge in [-0.1, -0.05) is 90.0 Å². The molecule has 0 bridgehead atoms. The summed E-state index contributed by atoms with van der Waals surface area (Å²) in [6.45, 7) is 14.5. The van der Waals surface area contributed by atoms with Gasteiger partial charge in [0.15, 0.2) is 0 Å². The van der Waals surface area contributed by atoms with Gasteiger partial charge in [-0.05, 0) is 165 Å². The Morgan fingerprint density at radius 1 is 0.413 bits per heavy atom. The van der Waals surface area contributed by atoms with Crippen molar-refractivity contribution in [3.63, 3.8) is 0 Å². The van der Waals surface area contributed by atoms with E-state index in [0.717, 1.165) is 54.7 Å². The minimum atomic E-state index is -4.58. The van der Waals surface area contributed by atoms with Gasteiger partial charge in [-0.3, -0.25) is 0 Å². The van der Waals surface area contributed by atoms with E-state index in [9.17, 15) is 18.4 Å². The zero-order valence-corrected chi connectivity index (χ0v) is 36.3. The normalized spacial score (nSPS) is 12.0. The molecule has 0 amide bonds. The zero-order valence-electron chi connectivity index (χ0n) is 36.3. The maximum atomic E-state index is 14.8. The van der Waals surface area contributed by atoms with Crippen molar-refractivity contribution < 1.29 is 13.2 Å². The predicted molar refractivity (Wildman–Crippen MR) is 254 cm³/mol. The number of nitrogens with zero attached hydrogens (tertiary/aromatic N) is 3. The molecule has 0 N–H and O–H groups in total. The summed E-state index contributed by atoms with van der Waals surface area (Å²) < 4.78 is 48.7. The van der Waals surface area contributed by atoms with Crippen LogP contribution in [-0.4, -0.2) is 9.13 Å². The van der Waals surface area contributed by atoms with E-state index in [-0.39, 0.29) is 0 Å². The van der Waals surface area contributed by atoms with Crippen LogP contribution < -0.4 is 0 Å². The highest BCUT2D eigenvalue weighted by Crippen LogP contribution is 2.46. The molecule has 10 rings (SSSR count). The second kappa shape index (κ2) is 14.6. The van der Waals surface area contributed by atoms with E-state index < -0.39 is 11.7 Å². The third-order valence-corrected chi connectivity index (χ3v) is 12.7. The molecule has 0 saturated carbocycles. The topological polar surface area (TPSA) is 33.6 Å². The lowest BCUT2D eigenvalue weighted by Crippen LogP contribution is -2.08. The average Bonchev–Trinajstić information content (AvgIpc) is 3.74. The van der Waals surface area contributed by atoms with Crippen LogP contribution >= 0.6 is 0 Å². The van der Waals surface area contributed by atoms with E-state index >= 15 is 0 Å². The van der Waals surface area contributed by atoms with Crippen LogP contribution in [0.2, 0.25) is 0 Å². The number of aromatic nitrogens is 2. The molecular weight excluding hydrogens is 784 g/mol. The third-order valence-electron chi connectivity index (χ3n) is 12.7. The first-order valence-electron chi connectivity index (χ1n) is 21.2. The van der Waals surface area contributed by atoms with Crippen LogP contribution in [0, 0.1) is 59.8 Å². The fraction of sp³-hybridized carbons (Fsp3) is 0.140. The fourth-order valence-corrected chi connectivity index (χ4v) is 10.5. The van der Waals surface area contributed by atoms with E-state index in [0.29, 0.717) is 33.6 Å². The molecule has 6 heteroatoms. The van der Waals surface area contributed by atoms with Gasteiger partial charge >= 0.3 is 6.18 Å². The summed E-state index contributed by atoms with van der Waals surface area (Å²) in [6.07, 6.45) is -4.58. The molecule has 0 atom stereocenters. The second-order valence-electron chi connectivity index (χ2n) is 17.3. The molecule has 3 nitrogen and oxygen atoms in total. The lowest BCUT2D eigenvalue weighted by atomic mass is 9.93. The molecule has 308 valence electrons. The van der Waals surface area contributed by atoms with Crippen LogP contribution in [0.25, 0.3) is 88.4 Å². The van der Waals surface area contributed by atoms with Crippen LogP contribution in [0.5, 0.6) is 0 Å². The van der Waals surface area contributed by atoms with Gasteiger partial charge in [-0.15, -0.1) is 0 Å². The van der Waals surface area contributed by atoms with Crippen LogP contribution in [0.15, 0.2) is 140 Å². The molecule has 0 saturated heterocycles. The first-order valence-corrected chi connectivity index (χ1v) is 21.2. The summed E-state index contributed by atoms with van der Waals surface area (Å²) in [5.41, 5.74) is 17.5. The van der Waals surface area contributed by atoms with E-state index in [4.69, 9.17) is 0 Å². The van der Waals surface area contributed by atoms with Crippen LogP contribution in [0.4, 0.5) is 13.2 Å². The Balaban J connectivity index is 1.34. The van der Waals surface area contributed by atoms with E-state index in [1.807, 2.05) is 54.6 Å². The summed E-state index contributed by atoms with van der Waals surface area (Å²) in [5.74, 6) is 0. The standard InChI is InChI=1S/C57H44F3N3/c1-32-20-35(4)54(36(5)21-32)40-16-18-50-46(29-40)44-12-8-10-14-48(44)62(50)52-26-39(31-61)27-53(56(52)42-24-34(3)25-43(28-42)57(58,59)60)63-49-15-11-9-13-45(49)47-30-41(17-19-51(47)63)55-37(6)22-33(2)23-38(55)7/h8-30H,1-7H3. The maximum absolute atomic E-state index is 14.8. The van der Waals surface area contributed by atoms with Crippen molar-refractivity contribution in [1.29, 1.82) is 5.26 Å².